The number of rotatable bonds is 4. The zero-order valence-electron chi connectivity index (χ0n) is 10.0. The second kappa shape index (κ2) is 5.78. The summed E-state index contributed by atoms with van der Waals surface area (Å²) in [5.74, 6) is 0. The number of hydrogen-bond acceptors (Lipinski definition) is 3. The van der Waals surface area contributed by atoms with Crippen LogP contribution in [0.15, 0.2) is 59.3 Å². The molecule has 0 atom stereocenters. The molecule has 0 bridgehead atoms. The third kappa shape index (κ3) is 3.00. The lowest BCUT2D eigenvalue weighted by molar-refractivity contribution is 0.993. The third-order valence-electron chi connectivity index (χ3n) is 2.81. The van der Waals surface area contributed by atoms with Gasteiger partial charge in [-0.15, -0.1) is 22.7 Å². The van der Waals surface area contributed by atoms with Crippen LogP contribution in [0.1, 0.15) is 15.8 Å². The molecule has 0 saturated carbocycles. The molecule has 1 nitrogen and oxygen atoms in total. The molecule has 1 N–H and O–H groups in total. The van der Waals surface area contributed by atoms with Crippen molar-refractivity contribution in [2.45, 2.75) is 6.04 Å². The van der Waals surface area contributed by atoms with Gasteiger partial charge in [-0.2, -0.15) is 0 Å². The summed E-state index contributed by atoms with van der Waals surface area (Å²) in [6.07, 6.45) is 0. The molecule has 2 aromatic heterocycles. The van der Waals surface area contributed by atoms with Crippen molar-refractivity contribution >= 4 is 40.0 Å². The molecule has 0 amide bonds. The topological polar surface area (TPSA) is 12.0 Å². The van der Waals surface area contributed by atoms with Crippen molar-refractivity contribution in [1.82, 2.24) is 0 Å². The van der Waals surface area contributed by atoms with Crippen molar-refractivity contribution in [3.63, 3.8) is 0 Å². The quantitative estimate of drug-likeness (QED) is 0.655. The van der Waals surface area contributed by atoms with Crippen molar-refractivity contribution in [2.24, 2.45) is 0 Å². The second-order valence-corrected chi connectivity index (χ2v) is 6.51. The van der Waals surface area contributed by atoms with Crippen LogP contribution in [0.4, 0.5) is 5.69 Å². The first-order valence-electron chi connectivity index (χ1n) is 5.92. The monoisotopic (exact) mass is 305 g/mol. The molecular formula is C15H12ClNS2. The maximum absolute atomic E-state index is 5.92. The van der Waals surface area contributed by atoms with Crippen LogP contribution in [0.3, 0.4) is 0 Å². The molecule has 1 aromatic carbocycles. The van der Waals surface area contributed by atoms with Gasteiger partial charge in [0.2, 0.25) is 0 Å². The van der Waals surface area contributed by atoms with Gasteiger partial charge < -0.3 is 5.32 Å². The number of nitrogens with one attached hydrogen (secondary N) is 1. The molecule has 3 aromatic rings. The maximum Gasteiger partial charge on any atom is 0.0953 e. The molecular weight excluding hydrogens is 294 g/mol. The van der Waals surface area contributed by atoms with E-state index in [1.165, 1.54) is 9.75 Å². The largest absolute Gasteiger partial charge is 0.373 e. The molecule has 0 aliphatic carbocycles. The summed E-state index contributed by atoms with van der Waals surface area (Å²) in [7, 11) is 0. The fourth-order valence-electron chi connectivity index (χ4n) is 1.91. The van der Waals surface area contributed by atoms with E-state index in [1.54, 1.807) is 22.7 Å². The Bertz CT molecular complexity index is 580. The van der Waals surface area contributed by atoms with E-state index in [1.807, 2.05) is 24.3 Å². The molecule has 4 heteroatoms. The van der Waals surface area contributed by atoms with Crippen LogP contribution >= 0.6 is 34.3 Å². The first kappa shape index (κ1) is 12.7. The Morgan fingerprint density at radius 1 is 0.842 bits per heavy atom. The molecule has 0 unspecified atom stereocenters. The second-order valence-electron chi connectivity index (χ2n) is 4.12. The van der Waals surface area contributed by atoms with E-state index in [4.69, 9.17) is 11.6 Å². The van der Waals surface area contributed by atoms with Gasteiger partial charge in [-0.05, 0) is 47.2 Å². The van der Waals surface area contributed by atoms with E-state index < -0.39 is 0 Å². The summed E-state index contributed by atoms with van der Waals surface area (Å²) in [6, 6.07) is 16.5. The van der Waals surface area contributed by atoms with Gasteiger partial charge in [0, 0.05) is 20.5 Å². The summed E-state index contributed by atoms with van der Waals surface area (Å²) in [5.41, 5.74) is 1.08. The van der Waals surface area contributed by atoms with E-state index in [-0.39, 0.29) is 6.04 Å². The van der Waals surface area contributed by atoms with Crippen molar-refractivity contribution in [3.8, 4) is 0 Å². The minimum absolute atomic E-state index is 0.209. The summed E-state index contributed by atoms with van der Waals surface area (Å²) < 4.78 is 0. The Morgan fingerprint density at radius 2 is 1.42 bits per heavy atom. The summed E-state index contributed by atoms with van der Waals surface area (Å²) in [5, 5.41) is 8.55. The van der Waals surface area contributed by atoms with E-state index in [2.05, 4.69) is 40.3 Å². The van der Waals surface area contributed by atoms with Gasteiger partial charge in [0.15, 0.2) is 0 Å². The van der Waals surface area contributed by atoms with Crippen molar-refractivity contribution in [3.05, 3.63) is 74.1 Å². The molecule has 0 radical (unpaired) electrons. The minimum atomic E-state index is 0.209. The van der Waals surface area contributed by atoms with Crippen LogP contribution < -0.4 is 5.32 Å². The highest BCUT2D eigenvalue weighted by atomic mass is 35.5. The molecule has 2 heterocycles. The molecule has 0 aliphatic heterocycles. The van der Waals surface area contributed by atoms with Crippen LogP contribution in [-0.4, -0.2) is 0 Å². The van der Waals surface area contributed by atoms with Gasteiger partial charge in [-0.3, -0.25) is 0 Å². The number of halogens is 1. The zero-order chi connectivity index (χ0) is 13.1. The van der Waals surface area contributed by atoms with Crippen molar-refractivity contribution in [2.75, 3.05) is 5.32 Å². The lowest BCUT2D eigenvalue weighted by atomic mass is 10.2. The highest BCUT2D eigenvalue weighted by Gasteiger charge is 2.15. The van der Waals surface area contributed by atoms with Crippen molar-refractivity contribution in [1.29, 1.82) is 0 Å². The fraction of sp³-hybridized carbons (Fsp3) is 0.0667. The molecule has 3 rings (SSSR count). The first-order valence-corrected chi connectivity index (χ1v) is 8.05. The normalized spacial score (nSPS) is 10.8. The number of anilines is 1. The Kier molecular flexibility index (Phi) is 3.87. The van der Waals surface area contributed by atoms with Gasteiger partial charge >= 0.3 is 0 Å². The maximum atomic E-state index is 5.92. The Morgan fingerprint density at radius 3 is 1.89 bits per heavy atom. The van der Waals surface area contributed by atoms with Gasteiger partial charge in [0.1, 0.15) is 0 Å². The Hall–Kier alpha value is -1.29. The highest BCUT2D eigenvalue weighted by Crippen LogP contribution is 2.32. The molecule has 96 valence electrons. The number of benzene rings is 1. The average molecular weight is 306 g/mol. The number of hydrogen-bond donors (Lipinski definition) is 1. The Labute approximate surface area is 125 Å². The summed E-state index contributed by atoms with van der Waals surface area (Å²) in [4.78, 5) is 2.63. The molecule has 0 fully saturated rings. The van der Waals surface area contributed by atoms with Crippen LogP contribution in [0.25, 0.3) is 0 Å². The van der Waals surface area contributed by atoms with E-state index in [0.717, 1.165) is 10.7 Å². The molecule has 19 heavy (non-hydrogen) atoms. The van der Waals surface area contributed by atoms with Gasteiger partial charge in [-0.25, -0.2) is 0 Å². The van der Waals surface area contributed by atoms with Crippen molar-refractivity contribution < 1.29 is 0 Å². The standard InChI is InChI=1S/C15H12ClNS2/c16-11-5-7-12(8-6-11)17-15(13-3-1-9-18-13)14-4-2-10-19-14/h1-10,15,17H. The highest BCUT2D eigenvalue weighted by molar-refractivity contribution is 7.11. The van der Waals surface area contributed by atoms with Gasteiger partial charge in [0.05, 0.1) is 6.04 Å². The average Bonchev–Trinajstić information content (AvgIpc) is 3.11. The van der Waals surface area contributed by atoms with Crippen LogP contribution in [-0.2, 0) is 0 Å². The van der Waals surface area contributed by atoms with Gasteiger partial charge in [0.25, 0.3) is 0 Å². The van der Waals surface area contributed by atoms with Crippen LogP contribution in [0, 0.1) is 0 Å². The lowest BCUT2D eigenvalue weighted by Gasteiger charge is -2.17. The van der Waals surface area contributed by atoms with Gasteiger partial charge in [-0.1, -0.05) is 23.7 Å². The van der Waals surface area contributed by atoms with Crippen LogP contribution in [0.5, 0.6) is 0 Å². The van der Waals surface area contributed by atoms with Crippen LogP contribution in [0.2, 0.25) is 5.02 Å². The lowest BCUT2D eigenvalue weighted by Crippen LogP contribution is -2.09. The molecule has 0 aliphatic rings. The predicted molar refractivity (Wildman–Crippen MR) is 85.6 cm³/mol. The third-order valence-corrected chi connectivity index (χ3v) is 4.94. The van der Waals surface area contributed by atoms with E-state index in [0.29, 0.717) is 0 Å². The minimum Gasteiger partial charge on any atom is -0.373 e. The SMILES string of the molecule is Clc1ccc(NC(c2cccs2)c2cccs2)cc1. The molecule has 0 saturated heterocycles. The number of thiophene rings is 2. The van der Waals surface area contributed by atoms with E-state index >= 15 is 0 Å². The zero-order valence-corrected chi connectivity index (χ0v) is 12.4. The summed E-state index contributed by atoms with van der Waals surface area (Å²) in [6.45, 7) is 0. The van der Waals surface area contributed by atoms with E-state index in [9.17, 15) is 0 Å². The Balaban J connectivity index is 1.90. The predicted octanol–water partition coefficient (Wildman–Crippen LogP) is 5.66. The fourth-order valence-corrected chi connectivity index (χ4v) is 3.69. The first-order chi connectivity index (χ1) is 9.33. The summed E-state index contributed by atoms with van der Waals surface area (Å²) >= 11 is 9.46. The molecule has 0 spiro atoms. The smallest absolute Gasteiger partial charge is 0.0953 e.